The Bertz CT molecular complexity index is 1290. The van der Waals surface area contributed by atoms with Crippen molar-refractivity contribution in [3.05, 3.63) is 89.6 Å². The van der Waals surface area contributed by atoms with E-state index in [-0.39, 0.29) is 51.5 Å². The van der Waals surface area contributed by atoms with Gasteiger partial charge in [-0.25, -0.2) is 0 Å². The summed E-state index contributed by atoms with van der Waals surface area (Å²) in [6.45, 7) is 4.93. The molecule has 3 aliphatic heterocycles. The maximum Gasteiger partial charge on any atom is 0.416 e. The van der Waals surface area contributed by atoms with Gasteiger partial charge in [0.2, 0.25) is 0 Å². The van der Waals surface area contributed by atoms with Gasteiger partial charge in [-0.3, -0.25) is 4.98 Å². The second-order valence-electron chi connectivity index (χ2n) is 10.3. The molecule has 3 nitrogen and oxygen atoms in total. The molecule has 38 heavy (non-hydrogen) atoms. The predicted octanol–water partition coefficient (Wildman–Crippen LogP) is 3.92. The van der Waals surface area contributed by atoms with Gasteiger partial charge in [0.15, 0.2) is 0 Å². The lowest BCUT2D eigenvalue weighted by molar-refractivity contribution is -0.984. The molecule has 3 saturated heterocycles. The summed E-state index contributed by atoms with van der Waals surface area (Å²) in [6, 6.07) is 10.5. The van der Waals surface area contributed by atoms with Gasteiger partial charge < -0.3 is 26.6 Å². The number of halogens is 7. The first-order valence-corrected chi connectivity index (χ1v) is 12.2. The van der Waals surface area contributed by atoms with Gasteiger partial charge in [0.25, 0.3) is 0 Å². The van der Waals surface area contributed by atoms with Crippen LogP contribution in [-0.4, -0.2) is 33.7 Å². The van der Waals surface area contributed by atoms with Crippen molar-refractivity contribution < 1.29 is 52.9 Å². The average molecular weight is 601 g/mol. The zero-order chi connectivity index (χ0) is 26.6. The number of fused-ring (bicyclic) bond motifs is 4. The molecule has 0 amide bonds. The number of hydrogen-bond donors (Lipinski definition) is 1. The van der Waals surface area contributed by atoms with Gasteiger partial charge in [0, 0.05) is 35.9 Å². The second kappa shape index (κ2) is 10.3. The lowest BCUT2D eigenvalue weighted by Gasteiger charge is -2.58. The fourth-order valence-electron chi connectivity index (χ4n) is 6.44. The second-order valence-corrected chi connectivity index (χ2v) is 10.3. The van der Waals surface area contributed by atoms with Crippen molar-refractivity contribution in [3.63, 3.8) is 0 Å². The third kappa shape index (κ3) is 5.22. The summed E-state index contributed by atoms with van der Waals surface area (Å²) in [5.74, 6) is 0.316. The van der Waals surface area contributed by atoms with E-state index in [0.717, 1.165) is 23.9 Å². The van der Waals surface area contributed by atoms with Gasteiger partial charge in [0.1, 0.15) is 18.7 Å². The Morgan fingerprint density at radius 1 is 1.03 bits per heavy atom. The summed E-state index contributed by atoms with van der Waals surface area (Å²) in [5.41, 5.74) is -1.31. The minimum Gasteiger partial charge on any atom is -1.00 e. The van der Waals surface area contributed by atoms with Crippen LogP contribution in [0.25, 0.3) is 10.9 Å². The molecule has 1 aromatic heterocycles. The van der Waals surface area contributed by atoms with E-state index in [1.807, 2.05) is 30.3 Å². The van der Waals surface area contributed by atoms with Gasteiger partial charge >= 0.3 is 12.4 Å². The van der Waals surface area contributed by atoms with Crippen LogP contribution in [0.4, 0.5) is 26.3 Å². The largest absolute Gasteiger partial charge is 1.00 e. The van der Waals surface area contributed by atoms with Crippen LogP contribution >= 0.6 is 0 Å². The Labute approximate surface area is 227 Å². The fourth-order valence-corrected chi connectivity index (χ4v) is 6.44. The van der Waals surface area contributed by atoms with Gasteiger partial charge in [-0.15, -0.1) is 6.58 Å². The van der Waals surface area contributed by atoms with E-state index in [4.69, 9.17) is 0 Å². The molecule has 0 spiro atoms. The quantitative estimate of drug-likeness (QED) is 0.274. The van der Waals surface area contributed by atoms with E-state index in [1.54, 1.807) is 12.3 Å². The van der Waals surface area contributed by atoms with Crippen molar-refractivity contribution in [3.8, 4) is 0 Å². The molecule has 10 heteroatoms. The number of rotatable bonds is 5. The minimum atomic E-state index is -4.91. The van der Waals surface area contributed by atoms with E-state index in [9.17, 15) is 31.4 Å². The van der Waals surface area contributed by atoms with Gasteiger partial charge in [0.05, 0.1) is 29.7 Å². The molecule has 4 heterocycles. The van der Waals surface area contributed by atoms with E-state index >= 15 is 0 Å². The summed E-state index contributed by atoms with van der Waals surface area (Å²) >= 11 is 0. The van der Waals surface area contributed by atoms with Crippen LogP contribution in [0.1, 0.15) is 41.2 Å². The van der Waals surface area contributed by atoms with E-state index in [0.29, 0.717) is 30.6 Å². The number of benzene rings is 2. The van der Waals surface area contributed by atoms with E-state index < -0.39 is 35.6 Å². The number of pyridine rings is 1. The number of quaternary nitrogens is 1. The molecule has 0 aliphatic carbocycles. The van der Waals surface area contributed by atoms with Crippen molar-refractivity contribution in [2.75, 3.05) is 13.1 Å². The minimum absolute atomic E-state index is 0. The summed E-state index contributed by atoms with van der Waals surface area (Å²) < 4.78 is 81.6. The lowest BCUT2D eigenvalue weighted by Crippen LogP contribution is -3.00. The highest BCUT2D eigenvalue weighted by molar-refractivity contribution is 5.82. The topological polar surface area (TPSA) is 33.1 Å². The van der Waals surface area contributed by atoms with Crippen molar-refractivity contribution in [2.24, 2.45) is 11.8 Å². The average Bonchev–Trinajstić information content (AvgIpc) is 2.86. The Balaban J connectivity index is 0.00000336. The molecular weight excluding hydrogens is 574 g/mol. The number of aliphatic hydroxyl groups is 1. The standard InChI is InChI=1S/C28H27F6N2O.BrH/c1-2-18-16-36(15-17-11-20(27(29,30)31)14-21(12-17)28(32,33)34)10-8-19(18)13-25(36)26(37)23-7-9-35-24-6-4-3-5-22(23)24;/h2-7,9,11-12,14,18-19,25-26,37H,1,8,10,13,15-16H2;1H/q+1;/p-1/t18-,19-,25+,26+,36?;/m0./s1. The van der Waals surface area contributed by atoms with Crippen LogP contribution < -0.4 is 17.0 Å². The predicted molar refractivity (Wildman–Crippen MR) is 127 cm³/mol. The normalized spacial score (nSPS) is 26.1. The third-order valence-corrected chi connectivity index (χ3v) is 8.19. The molecule has 2 aromatic carbocycles. The number of aromatic nitrogens is 1. The first-order chi connectivity index (χ1) is 17.4. The van der Waals surface area contributed by atoms with Crippen LogP contribution in [-0.2, 0) is 18.9 Å². The Morgan fingerprint density at radius 2 is 1.68 bits per heavy atom. The van der Waals surface area contributed by atoms with Crippen LogP contribution in [0, 0.1) is 11.8 Å². The zero-order valence-corrected chi connectivity index (χ0v) is 21.9. The molecule has 0 saturated carbocycles. The van der Waals surface area contributed by atoms with Crippen LogP contribution in [0.3, 0.4) is 0 Å². The van der Waals surface area contributed by atoms with Crippen LogP contribution in [0.15, 0.2) is 67.4 Å². The smallest absolute Gasteiger partial charge is 0.416 e. The van der Waals surface area contributed by atoms with E-state index in [1.165, 1.54) is 0 Å². The first kappa shape index (κ1) is 28.6. The van der Waals surface area contributed by atoms with Gasteiger partial charge in [-0.2, -0.15) is 26.3 Å². The summed E-state index contributed by atoms with van der Waals surface area (Å²) in [7, 11) is 0. The Kier molecular flexibility index (Phi) is 7.73. The highest BCUT2D eigenvalue weighted by Crippen LogP contribution is 2.48. The molecular formula is C28H27BrF6N2O. The first-order valence-electron chi connectivity index (χ1n) is 12.2. The number of para-hydroxylation sites is 1. The maximum atomic E-state index is 13.6. The Morgan fingerprint density at radius 3 is 2.32 bits per heavy atom. The van der Waals surface area contributed by atoms with Crippen LogP contribution in [0.2, 0.25) is 0 Å². The molecule has 3 aliphatic rings. The third-order valence-electron chi connectivity index (χ3n) is 8.19. The number of nitrogens with zero attached hydrogens (tertiary/aromatic N) is 2. The van der Waals surface area contributed by atoms with Crippen molar-refractivity contribution in [1.82, 2.24) is 4.98 Å². The zero-order valence-electron chi connectivity index (χ0n) is 20.3. The van der Waals surface area contributed by atoms with Crippen molar-refractivity contribution in [1.29, 1.82) is 0 Å². The number of piperidine rings is 3. The van der Waals surface area contributed by atoms with Crippen molar-refractivity contribution in [2.45, 2.75) is 43.9 Å². The SMILES string of the molecule is C=C[C@H]1C[N+]2(Cc3cc(C(F)(F)F)cc(C(F)(F)F)c3)CC[C@H]1C[C@@H]2[C@H](O)c1ccnc2ccccc12.[Br-]. The highest BCUT2D eigenvalue weighted by atomic mass is 79.9. The van der Waals surface area contributed by atoms with Gasteiger partial charge in [-0.1, -0.05) is 24.3 Å². The lowest BCUT2D eigenvalue weighted by atomic mass is 9.71. The summed E-state index contributed by atoms with van der Waals surface area (Å²) in [4.78, 5) is 4.35. The molecule has 204 valence electrons. The summed E-state index contributed by atoms with van der Waals surface area (Å²) in [5, 5.41) is 12.5. The fraction of sp³-hybridized carbons (Fsp3) is 0.393. The van der Waals surface area contributed by atoms with Crippen molar-refractivity contribution >= 4 is 10.9 Å². The molecule has 6 rings (SSSR count). The summed E-state index contributed by atoms with van der Waals surface area (Å²) in [6.07, 6.45) is -5.99. The van der Waals surface area contributed by atoms with E-state index in [2.05, 4.69) is 11.6 Å². The monoisotopic (exact) mass is 600 g/mol. The number of hydrogen-bond acceptors (Lipinski definition) is 2. The Hall–Kier alpha value is -2.43. The number of aliphatic hydroxyl groups excluding tert-OH is 1. The highest BCUT2D eigenvalue weighted by Gasteiger charge is 2.54. The number of alkyl halides is 6. The molecule has 3 fully saturated rings. The maximum absolute atomic E-state index is 13.6. The molecule has 1 unspecified atom stereocenters. The molecule has 5 atom stereocenters. The molecule has 3 aromatic rings. The van der Waals surface area contributed by atoms with Crippen LogP contribution in [0.5, 0.6) is 0 Å². The molecule has 0 radical (unpaired) electrons. The molecule has 2 bridgehead atoms. The molecule has 1 N–H and O–H groups in total. The van der Waals surface area contributed by atoms with Gasteiger partial charge in [-0.05, 0) is 41.8 Å².